The van der Waals surface area contributed by atoms with Gasteiger partial charge in [-0.3, -0.25) is 4.79 Å². The molecule has 0 fully saturated rings. The predicted octanol–water partition coefficient (Wildman–Crippen LogP) is 3.43. The van der Waals surface area contributed by atoms with E-state index in [1.165, 1.54) is 0 Å². The maximum atomic E-state index is 12.0. The first-order valence-corrected chi connectivity index (χ1v) is 6.12. The van der Waals surface area contributed by atoms with Gasteiger partial charge >= 0.3 is 0 Å². The van der Waals surface area contributed by atoms with Crippen LogP contribution in [0.15, 0.2) is 54.6 Å². The van der Waals surface area contributed by atoms with E-state index in [1.807, 2.05) is 12.1 Å². The number of carbonyl (C=O) groups is 1. The van der Waals surface area contributed by atoms with Crippen LogP contribution in [0.2, 0.25) is 0 Å². The van der Waals surface area contributed by atoms with Crippen LogP contribution in [0.1, 0.15) is 15.9 Å². The number of phenolic OH excluding ortho intramolecular Hbond substituents is 1. The fraction of sp³-hybridized carbons (Fsp3) is 0.133. The smallest absolute Gasteiger partial charge is 0.180 e. The Kier molecular flexibility index (Phi) is 4.00. The second kappa shape index (κ2) is 5.69. The number of halogens is 1. The lowest BCUT2D eigenvalue weighted by molar-refractivity contribution is 0.0986. The van der Waals surface area contributed by atoms with Gasteiger partial charge in [-0.2, -0.15) is 0 Å². The molecule has 0 aliphatic rings. The monoisotopic (exact) mass is 260 g/mol. The molecule has 0 aromatic heterocycles. The molecule has 18 heavy (non-hydrogen) atoms. The molecule has 1 N–H and O–H groups in total. The van der Waals surface area contributed by atoms with Gasteiger partial charge in [-0.25, -0.2) is 0 Å². The Balaban J connectivity index is 2.11. The molecule has 0 aliphatic carbocycles. The van der Waals surface area contributed by atoms with Crippen molar-refractivity contribution in [2.75, 3.05) is 0 Å². The lowest BCUT2D eigenvalue weighted by Gasteiger charge is -2.09. The Morgan fingerprint density at radius 3 is 2.33 bits per heavy atom. The molecule has 0 radical (unpaired) electrons. The minimum atomic E-state index is -0.666. The molecule has 1 atom stereocenters. The number of ketones is 1. The second-order valence-electron chi connectivity index (χ2n) is 4.03. The Labute approximate surface area is 111 Å². The third kappa shape index (κ3) is 2.90. The summed E-state index contributed by atoms with van der Waals surface area (Å²) >= 11 is 6.11. The maximum Gasteiger partial charge on any atom is 0.180 e. The molecule has 0 spiro atoms. The summed E-state index contributed by atoms with van der Waals surface area (Å²) in [7, 11) is 0. The van der Waals surface area contributed by atoms with E-state index in [9.17, 15) is 9.90 Å². The molecule has 92 valence electrons. The maximum absolute atomic E-state index is 12.0. The van der Waals surface area contributed by atoms with Crippen molar-refractivity contribution in [1.82, 2.24) is 0 Å². The van der Waals surface area contributed by atoms with E-state index in [-0.39, 0.29) is 11.5 Å². The van der Waals surface area contributed by atoms with Crippen LogP contribution in [0.4, 0.5) is 0 Å². The van der Waals surface area contributed by atoms with Crippen LogP contribution in [-0.4, -0.2) is 16.3 Å². The van der Waals surface area contributed by atoms with Gasteiger partial charge in [0.15, 0.2) is 5.78 Å². The van der Waals surface area contributed by atoms with Crippen molar-refractivity contribution >= 4 is 17.4 Å². The topological polar surface area (TPSA) is 37.3 Å². The molecular weight excluding hydrogens is 248 g/mol. The van der Waals surface area contributed by atoms with E-state index in [0.29, 0.717) is 17.5 Å². The second-order valence-corrected chi connectivity index (χ2v) is 4.56. The van der Waals surface area contributed by atoms with Gasteiger partial charge in [0.25, 0.3) is 0 Å². The van der Waals surface area contributed by atoms with E-state index in [2.05, 4.69) is 0 Å². The van der Waals surface area contributed by atoms with E-state index < -0.39 is 5.38 Å². The van der Waals surface area contributed by atoms with Crippen molar-refractivity contribution in [3.63, 3.8) is 0 Å². The number of para-hydroxylation sites is 1. The molecule has 2 aromatic carbocycles. The van der Waals surface area contributed by atoms with Crippen LogP contribution >= 0.6 is 11.6 Å². The number of hydrogen-bond donors (Lipinski definition) is 1. The summed E-state index contributed by atoms with van der Waals surface area (Å²) in [6.07, 6.45) is 0.321. The molecule has 0 aliphatic heterocycles. The lowest BCUT2D eigenvalue weighted by Crippen LogP contribution is -2.17. The zero-order chi connectivity index (χ0) is 13.0. The highest BCUT2D eigenvalue weighted by atomic mass is 35.5. The van der Waals surface area contributed by atoms with Gasteiger partial charge in [-0.15, -0.1) is 11.6 Å². The van der Waals surface area contributed by atoms with Gasteiger partial charge in [-0.1, -0.05) is 48.5 Å². The summed E-state index contributed by atoms with van der Waals surface area (Å²) in [4.78, 5) is 12.0. The third-order valence-electron chi connectivity index (χ3n) is 2.73. The van der Waals surface area contributed by atoms with Crippen molar-refractivity contribution in [1.29, 1.82) is 0 Å². The van der Waals surface area contributed by atoms with Crippen molar-refractivity contribution in [2.24, 2.45) is 0 Å². The van der Waals surface area contributed by atoms with Gasteiger partial charge in [0, 0.05) is 5.56 Å². The Morgan fingerprint density at radius 1 is 1.06 bits per heavy atom. The minimum absolute atomic E-state index is 0.125. The van der Waals surface area contributed by atoms with Crippen LogP contribution in [0.5, 0.6) is 5.75 Å². The lowest BCUT2D eigenvalue weighted by atomic mass is 10.0. The Bertz CT molecular complexity index is 537. The Hall–Kier alpha value is -1.80. The van der Waals surface area contributed by atoms with Gasteiger partial charge in [0.2, 0.25) is 0 Å². The number of Topliss-reactive ketones (excluding diaryl/α,β-unsaturated/α-hetero) is 1. The summed E-state index contributed by atoms with van der Waals surface area (Å²) in [6.45, 7) is 0. The van der Waals surface area contributed by atoms with Crippen molar-refractivity contribution < 1.29 is 9.90 Å². The summed E-state index contributed by atoms with van der Waals surface area (Å²) in [6, 6.07) is 15.8. The van der Waals surface area contributed by atoms with Gasteiger partial charge < -0.3 is 5.11 Å². The molecule has 0 bridgehead atoms. The molecule has 3 heteroatoms. The number of hydrogen-bond acceptors (Lipinski definition) is 2. The molecule has 2 rings (SSSR count). The van der Waals surface area contributed by atoms with Crippen molar-refractivity contribution in [2.45, 2.75) is 11.8 Å². The molecule has 1 unspecified atom stereocenters. The van der Waals surface area contributed by atoms with E-state index in [4.69, 9.17) is 11.6 Å². The fourth-order valence-corrected chi connectivity index (χ4v) is 2.04. The number of rotatable bonds is 4. The van der Waals surface area contributed by atoms with E-state index >= 15 is 0 Å². The van der Waals surface area contributed by atoms with Crippen LogP contribution < -0.4 is 0 Å². The summed E-state index contributed by atoms with van der Waals surface area (Å²) in [5.41, 5.74) is 1.27. The van der Waals surface area contributed by atoms with Crippen LogP contribution in [0, 0.1) is 0 Å². The third-order valence-corrected chi connectivity index (χ3v) is 3.09. The molecule has 0 heterocycles. The summed E-state index contributed by atoms with van der Waals surface area (Å²) < 4.78 is 0. The zero-order valence-corrected chi connectivity index (χ0v) is 10.5. The van der Waals surface area contributed by atoms with Crippen LogP contribution in [0.25, 0.3) is 0 Å². The highest BCUT2D eigenvalue weighted by molar-refractivity contribution is 6.34. The first kappa shape index (κ1) is 12.7. The largest absolute Gasteiger partial charge is 0.508 e. The first-order chi connectivity index (χ1) is 8.68. The van der Waals surface area contributed by atoms with Gasteiger partial charge in [0.05, 0.1) is 0 Å². The molecule has 2 nitrogen and oxygen atoms in total. The SMILES string of the molecule is O=C(c1ccccc1)C(Cl)Cc1ccccc1O. The molecule has 0 saturated carbocycles. The highest BCUT2D eigenvalue weighted by Gasteiger charge is 2.18. The quantitative estimate of drug-likeness (QED) is 0.676. The standard InChI is InChI=1S/C15H13ClO2/c16-13(10-12-8-4-5-9-14(12)17)15(18)11-6-2-1-3-7-11/h1-9,13,17H,10H2. The number of alkyl halides is 1. The zero-order valence-electron chi connectivity index (χ0n) is 9.71. The van der Waals surface area contributed by atoms with Gasteiger partial charge in [0.1, 0.15) is 11.1 Å². The number of benzene rings is 2. The van der Waals surface area contributed by atoms with Crippen LogP contribution in [0.3, 0.4) is 0 Å². The molecule has 0 amide bonds. The predicted molar refractivity (Wildman–Crippen MR) is 72.2 cm³/mol. The van der Waals surface area contributed by atoms with Gasteiger partial charge in [-0.05, 0) is 18.1 Å². The highest BCUT2D eigenvalue weighted by Crippen LogP contribution is 2.21. The fourth-order valence-electron chi connectivity index (χ4n) is 1.75. The normalized spacial score (nSPS) is 12.1. The molecule has 0 saturated heterocycles. The summed E-state index contributed by atoms with van der Waals surface area (Å²) in [5.74, 6) is 0.0459. The average Bonchev–Trinajstić information content (AvgIpc) is 2.41. The number of aromatic hydroxyl groups is 1. The van der Waals surface area contributed by atoms with E-state index in [0.717, 1.165) is 0 Å². The Morgan fingerprint density at radius 2 is 1.67 bits per heavy atom. The first-order valence-electron chi connectivity index (χ1n) is 5.68. The van der Waals surface area contributed by atoms with E-state index in [1.54, 1.807) is 42.5 Å². The number of phenols is 1. The molecule has 2 aromatic rings. The summed E-state index contributed by atoms with van der Waals surface area (Å²) in [5, 5.41) is 8.98. The number of carbonyl (C=O) groups excluding carboxylic acids is 1. The molecular formula is C15H13ClO2. The van der Waals surface area contributed by atoms with Crippen molar-refractivity contribution in [3.05, 3.63) is 65.7 Å². The minimum Gasteiger partial charge on any atom is -0.508 e. The van der Waals surface area contributed by atoms with Crippen molar-refractivity contribution in [3.8, 4) is 5.75 Å². The van der Waals surface area contributed by atoms with Crippen LogP contribution in [-0.2, 0) is 6.42 Å². The average molecular weight is 261 g/mol.